The van der Waals surface area contributed by atoms with Crippen LogP contribution in [0, 0.1) is 0 Å². The van der Waals surface area contributed by atoms with E-state index in [2.05, 4.69) is 5.32 Å². The summed E-state index contributed by atoms with van der Waals surface area (Å²) in [6, 6.07) is 21.5. The largest absolute Gasteiger partial charge is 0.497 e. The molecule has 0 fully saturated rings. The lowest BCUT2D eigenvalue weighted by Crippen LogP contribution is -2.43. The molecule has 0 spiro atoms. The number of hydrogen-bond donors (Lipinski definition) is 2. The smallest absolute Gasteiger partial charge is 0.250 e. The number of ether oxygens (including phenoxy) is 1. The maximum Gasteiger partial charge on any atom is 0.250 e. The van der Waals surface area contributed by atoms with Crippen molar-refractivity contribution in [3.8, 4) is 5.75 Å². The van der Waals surface area contributed by atoms with Gasteiger partial charge >= 0.3 is 0 Å². The first-order valence-electron chi connectivity index (χ1n) is 10.2. The lowest BCUT2D eigenvalue weighted by atomic mass is 10.1. The van der Waals surface area contributed by atoms with E-state index in [0.717, 1.165) is 34.2 Å². The highest BCUT2D eigenvalue weighted by molar-refractivity contribution is 7.80. The number of carbonyl (C=O) groups is 1. The molecule has 0 radical (unpaired) electrons. The molecule has 5 nitrogen and oxygen atoms in total. The van der Waals surface area contributed by atoms with Crippen LogP contribution in [-0.4, -0.2) is 36.4 Å². The normalized spacial score (nSPS) is 10.9. The third kappa shape index (κ3) is 6.13. The van der Waals surface area contributed by atoms with Crippen molar-refractivity contribution in [2.45, 2.75) is 12.8 Å². The summed E-state index contributed by atoms with van der Waals surface area (Å²) >= 11 is 5.59. The molecule has 0 unspecified atom stereocenters. The van der Waals surface area contributed by atoms with Gasteiger partial charge in [0.1, 0.15) is 5.75 Å². The second-order valence-electron chi connectivity index (χ2n) is 6.98. The van der Waals surface area contributed by atoms with Crippen molar-refractivity contribution in [2.24, 2.45) is 0 Å². The van der Waals surface area contributed by atoms with Crippen LogP contribution in [0.15, 0.2) is 72.8 Å². The summed E-state index contributed by atoms with van der Waals surface area (Å²) < 4.78 is 5.14. The standard InChI is InChI=1S/C25H26N2O3S/c1-30-21-14-11-19(12-15-21)13-16-24(29)26-25(31)27(17-4-5-18-28)23-10-6-8-20-7-2-3-9-22(20)23/h2-3,6-16,28H,4-5,17-18H2,1H3,(H,26,29,31). The number of aliphatic hydroxyl groups excluding tert-OH is 1. The first kappa shape index (κ1) is 22.5. The van der Waals surface area contributed by atoms with Gasteiger partial charge in [0.25, 0.3) is 0 Å². The van der Waals surface area contributed by atoms with Gasteiger partial charge in [0, 0.05) is 24.6 Å². The molecule has 0 bridgehead atoms. The van der Waals surface area contributed by atoms with E-state index >= 15 is 0 Å². The molecular weight excluding hydrogens is 408 g/mol. The first-order valence-corrected chi connectivity index (χ1v) is 10.6. The van der Waals surface area contributed by atoms with E-state index in [9.17, 15) is 9.90 Å². The number of methoxy groups -OCH3 is 1. The summed E-state index contributed by atoms with van der Waals surface area (Å²) in [7, 11) is 1.61. The van der Waals surface area contributed by atoms with Gasteiger partial charge < -0.3 is 14.7 Å². The van der Waals surface area contributed by atoms with E-state index in [1.807, 2.05) is 71.6 Å². The van der Waals surface area contributed by atoms with Gasteiger partial charge in [-0.05, 0) is 60.3 Å². The van der Waals surface area contributed by atoms with Crippen LogP contribution >= 0.6 is 12.2 Å². The Kier molecular flexibility index (Phi) is 8.15. The number of unbranched alkanes of at least 4 members (excludes halogenated alkanes) is 1. The van der Waals surface area contributed by atoms with Crippen LogP contribution in [-0.2, 0) is 4.79 Å². The molecule has 3 aromatic carbocycles. The van der Waals surface area contributed by atoms with Crippen molar-refractivity contribution in [1.29, 1.82) is 0 Å². The molecule has 6 heteroatoms. The molecule has 0 aromatic heterocycles. The molecule has 0 aliphatic carbocycles. The lowest BCUT2D eigenvalue weighted by Gasteiger charge is -2.26. The molecule has 0 heterocycles. The molecule has 2 N–H and O–H groups in total. The maximum absolute atomic E-state index is 12.5. The number of nitrogens with zero attached hydrogens (tertiary/aromatic N) is 1. The van der Waals surface area contributed by atoms with Gasteiger partial charge in [-0.15, -0.1) is 0 Å². The topological polar surface area (TPSA) is 61.8 Å². The van der Waals surface area contributed by atoms with E-state index in [4.69, 9.17) is 17.0 Å². The predicted octanol–water partition coefficient (Wildman–Crippen LogP) is 4.54. The zero-order valence-corrected chi connectivity index (χ0v) is 18.3. The summed E-state index contributed by atoms with van der Waals surface area (Å²) in [5.41, 5.74) is 1.82. The molecule has 3 rings (SSSR count). The highest BCUT2D eigenvalue weighted by Crippen LogP contribution is 2.27. The summed E-state index contributed by atoms with van der Waals surface area (Å²) in [6.07, 6.45) is 4.60. The van der Waals surface area contributed by atoms with Crippen molar-refractivity contribution >= 4 is 45.8 Å². The number of anilines is 1. The van der Waals surface area contributed by atoms with Crippen LogP contribution in [0.1, 0.15) is 18.4 Å². The van der Waals surface area contributed by atoms with Gasteiger partial charge in [0.05, 0.1) is 12.8 Å². The Hall–Kier alpha value is -3.22. The summed E-state index contributed by atoms with van der Waals surface area (Å²) in [5, 5.41) is 14.5. The molecule has 0 atom stereocenters. The molecule has 1 amide bonds. The molecule has 0 saturated heterocycles. The second-order valence-corrected chi connectivity index (χ2v) is 7.37. The van der Waals surface area contributed by atoms with E-state index < -0.39 is 0 Å². The minimum Gasteiger partial charge on any atom is -0.497 e. The fourth-order valence-corrected chi connectivity index (χ4v) is 3.55. The van der Waals surface area contributed by atoms with Crippen molar-refractivity contribution in [3.05, 3.63) is 78.4 Å². The monoisotopic (exact) mass is 434 g/mol. The first-order chi connectivity index (χ1) is 15.1. The number of fused-ring (bicyclic) bond motifs is 1. The van der Waals surface area contributed by atoms with Crippen LogP contribution in [0.4, 0.5) is 5.69 Å². The van der Waals surface area contributed by atoms with E-state index in [1.165, 1.54) is 6.08 Å². The second kappa shape index (κ2) is 11.2. The van der Waals surface area contributed by atoms with Gasteiger partial charge in [0.2, 0.25) is 5.91 Å². The maximum atomic E-state index is 12.5. The van der Waals surface area contributed by atoms with Crippen molar-refractivity contribution < 1.29 is 14.6 Å². The minimum absolute atomic E-state index is 0.118. The van der Waals surface area contributed by atoms with Gasteiger partial charge in [-0.3, -0.25) is 10.1 Å². The molecule has 3 aromatic rings. The number of aliphatic hydroxyl groups is 1. The van der Waals surface area contributed by atoms with Gasteiger partial charge in [-0.25, -0.2) is 0 Å². The van der Waals surface area contributed by atoms with Crippen LogP contribution in [0.3, 0.4) is 0 Å². The Morgan fingerprint density at radius 1 is 1.06 bits per heavy atom. The third-order valence-corrected chi connectivity index (χ3v) is 5.19. The average molecular weight is 435 g/mol. The van der Waals surface area contributed by atoms with Crippen LogP contribution in [0.5, 0.6) is 5.75 Å². The van der Waals surface area contributed by atoms with Gasteiger partial charge in [0.15, 0.2) is 5.11 Å². The quantitative estimate of drug-likeness (QED) is 0.310. The van der Waals surface area contributed by atoms with E-state index in [0.29, 0.717) is 18.1 Å². The molecule has 31 heavy (non-hydrogen) atoms. The number of hydrogen-bond acceptors (Lipinski definition) is 4. The molecule has 160 valence electrons. The molecule has 0 aliphatic heterocycles. The molecule has 0 aliphatic rings. The number of carbonyl (C=O) groups excluding carboxylic acids is 1. The number of nitrogens with one attached hydrogen (secondary N) is 1. The minimum atomic E-state index is -0.298. The van der Waals surface area contributed by atoms with Gasteiger partial charge in [-0.1, -0.05) is 48.5 Å². The van der Waals surface area contributed by atoms with E-state index in [-0.39, 0.29) is 12.5 Å². The number of thiocarbonyl (C=S) groups is 1. The third-order valence-electron chi connectivity index (χ3n) is 4.87. The van der Waals surface area contributed by atoms with Gasteiger partial charge in [-0.2, -0.15) is 0 Å². The Morgan fingerprint density at radius 3 is 2.55 bits per heavy atom. The summed E-state index contributed by atoms with van der Waals surface area (Å²) in [4.78, 5) is 14.4. The average Bonchev–Trinajstić information content (AvgIpc) is 2.80. The molecule has 0 saturated carbocycles. The summed E-state index contributed by atoms with van der Waals surface area (Å²) in [5.74, 6) is 0.463. The fraction of sp³-hybridized carbons (Fsp3) is 0.200. The van der Waals surface area contributed by atoms with Crippen molar-refractivity contribution in [3.63, 3.8) is 0 Å². The van der Waals surface area contributed by atoms with Crippen molar-refractivity contribution in [2.75, 3.05) is 25.2 Å². The van der Waals surface area contributed by atoms with Crippen LogP contribution < -0.4 is 15.0 Å². The van der Waals surface area contributed by atoms with Crippen LogP contribution in [0.2, 0.25) is 0 Å². The zero-order chi connectivity index (χ0) is 22.1. The Balaban J connectivity index is 1.76. The van der Waals surface area contributed by atoms with Crippen LogP contribution in [0.25, 0.3) is 16.8 Å². The fourth-order valence-electron chi connectivity index (χ4n) is 3.26. The Morgan fingerprint density at radius 2 is 1.81 bits per heavy atom. The summed E-state index contributed by atoms with van der Waals surface area (Å²) in [6.45, 7) is 0.711. The highest BCUT2D eigenvalue weighted by atomic mass is 32.1. The SMILES string of the molecule is COc1ccc(C=CC(=O)NC(=S)N(CCCCO)c2cccc3ccccc23)cc1. The van der Waals surface area contributed by atoms with E-state index in [1.54, 1.807) is 13.2 Å². The Labute approximate surface area is 188 Å². The molecular formula is C25H26N2O3S. The van der Waals surface area contributed by atoms with Crippen molar-refractivity contribution in [1.82, 2.24) is 5.32 Å². The number of rotatable bonds is 8. The zero-order valence-electron chi connectivity index (χ0n) is 17.5. The number of amides is 1. The Bertz CT molecular complexity index is 1060. The predicted molar refractivity (Wildman–Crippen MR) is 130 cm³/mol. The highest BCUT2D eigenvalue weighted by Gasteiger charge is 2.16. The number of benzene rings is 3. The lowest BCUT2D eigenvalue weighted by molar-refractivity contribution is -0.115.